The molecule has 0 aromatic heterocycles. The molecule has 0 radical (unpaired) electrons. The number of nitrogens with one attached hydrogen (secondary N) is 1. The van der Waals surface area contributed by atoms with Gasteiger partial charge >= 0.3 is 0 Å². The molecule has 0 unspecified atom stereocenters. The van der Waals surface area contributed by atoms with Crippen LogP contribution in [0.4, 0.5) is 5.69 Å². The third-order valence-electron chi connectivity index (χ3n) is 4.38. The van der Waals surface area contributed by atoms with Gasteiger partial charge in [-0.25, -0.2) is 0 Å². The smallest absolute Gasteiger partial charge is 0.0561 e. The largest absolute Gasteiger partial charge is 0.279 e. The Balaban J connectivity index is 1.71. The predicted molar refractivity (Wildman–Crippen MR) is 123 cm³/mol. The summed E-state index contributed by atoms with van der Waals surface area (Å²) in [5.41, 5.74) is 5.22. The number of hydrogen-bond donors (Lipinski definition) is 1. The lowest BCUT2D eigenvalue weighted by molar-refractivity contribution is 1.35. The fourth-order valence-electron chi connectivity index (χ4n) is 3.07. The lowest BCUT2D eigenvalue weighted by Gasteiger charge is -2.21. The maximum Gasteiger partial charge on any atom is 0.0561 e. The fourth-order valence-corrected chi connectivity index (χ4v) is 5.49. The van der Waals surface area contributed by atoms with Crippen LogP contribution in [0.2, 0.25) is 0 Å². The third kappa shape index (κ3) is 4.36. The standard InChI is InChI=1S/C25H21N2P/c1-4-13-22(14-5-1)27-26-20-21-12-10-11-19-25(21)28(23-15-6-2-7-16-23)24-17-8-3-9-18-24/h1-20,27H/b26-20+. The van der Waals surface area contributed by atoms with Crippen molar-refractivity contribution < 1.29 is 0 Å². The van der Waals surface area contributed by atoms with Gasteiger partial charge in [0.15, 0.2) is 0 Å². The second kappa shape index (κ2) is 9.12. The topological polar surface area (TPSA) is 24.4 Å². The van der Waals surface area contributed by atoms with Crippen LogP contribution in [-0.4, -0.2) is 6.21 Å². The number of para-hydroxylation sites is 1. The highest BCUT2D eigenvalue weighted by Gasteiger charge is 2.18. The van der Waals surface area contributed by atoms with Gasteiger partial charge in [0.25, 0.3) is 0 Å². The molecule has 4 aromatic rings. The van der Waals surface area contributed by atoms with Gasteiger partial charge in [0.2, 0.25) is 0 Å². The normalized spacial score (nSPS) is 11.0. The highest BCUT2D eigenvalue weighted by molar-refractivity contribution is 7.80. The summed E-state index contributed by atoms with van der Waals surface area (Å²) in [6.45, 7) is 0. The van der Waals surface area contributed by atoms with Gasteiger partial charge in [0, 0.05) is 5.56 Å². The average Bonchev–Trinajstić information content (AvgIpc) is 2.77. The second-order valence-electron chi connectivity index (χ2n) is 6.30. The Morgan fingerprint density at radius 1 is 0.571 bits per heavy atom. The molecule has 0 spiro atoms. The zero-order valence-electron chi connectivity index (χ0n) is 15.4. The zero-order chi connectivity index (χ0) is 19.0. The van der Waals surface area contributed by atoms with Crippen molar-refractivity contribution in [3.05, 3.63) is 121 Å². The van der Waals surface area contributed by atoms with Crippen molar-refractivity contribution >= 4 is 35.7 Å². The van der Waals surface area contributed by atoms with E-state index in [4.69, 9.17) is 0 Å². The molecule has 0 saturated heterocycles. The summed E-state index contributed by atoms with van der Waals surface area (Å²) in [5, 5.41) is 8.44. The van der Waals surface area contributed by atoms with Crippen LogP contribution in [0.25, 0.3) is 0 Å². The Kier molecular flexibility index (Phi) is 5.92. The van der Waals surface area contributed by atoms with Crippen molar-refractivity contribution in [1.82, 2.24) is 0 Å². The van der Waals surface area contributed by atoms with Crippen LogP contribution in [0.5, 0.6) is 0 Å². The van der Waals surface area contributed by atoms with Crippen LogP contribution in [0.3, 0.4) is 0 Å². The molecule has 1 N–H and O–H groups in total. The molecule has 0 saturated carbocycles. The molecule has 0 fully saturated rings. The number of anilines is 1. The molecular formula is C25H21N2P. The molecule has 0 aliphatic heterocycles. The number of nitrogens with zero attached hydrogens (tertiary/aromatic N) is 1. The van der Waals surface area contributed by atoms with Crippen LogP contribution in [0.15, 0.2) is 120 Å². The Hall–Kier alpha value is -3.22. The van der Waals surface area contributed by atoms with E-state index in [1.807, 2.05) is 36.5 Å². The second-order valence-corrected chi connectivity index (χ2v) is 8.49. The number of hydrogen-bond acceptors (Lipinski definition) is 2. The fraction of sp³-hybridized carbons (Fsp3) is 0. The SMILES string of the molecule is C(=N\Nc1ccccc1)/c1ccccc1P(c1ccccc1)c1ccccc1. The van der Waals surface area contributed by atoms with Crippen LogP contribution >= 0.6 is 7.92 Å². The molecule has 0 aliphatic rings. The van der Waals surface area contributed by atoms with Crippen molar-refractivity contribution in [3.8, 4) is 0 Å². The van der Waals surface area contributed by atoms with E-state index in [1.165, 1.54) is 15.9 Å². The Bertz CT molecular complexity index is 992. The van der Waals surface area contributed by atoms with Crippen LogP contribution in [0.1, 0.15) is 5.56 Å². The highest BCUT2D eigenvalue weighted by Crippen LogP contribution is 2.33. The number of benzene rings is 4. The highest BCUT2D eigenvalue weighted by atomic mass is 31.1. The average molecular weight is 380 g/mol. The molecule has 28 heavy (non-hydrogen) atoms. The molecule has 0 amide bonds. The molecule has 3 heteroatoms. The molecule has 4 rings (SSSR count). The maximum atomic E-state index is 4.48. The van der Waals surface area contributed by atoms with Crippen LogP contribution < -0.4 is 21.3 Å². The molecule has 0 bridgehead atoms. The summed E-state index contributed by atoms with van der Waals surface area (Å²) >= 11 is 0. The Labute approximate surface area is 167 Å². The van der Waals surface area contributed by atoms with E-state index >= 15 is 0 Å². The molecule has 4 aromatic carbocycles. The Morgan fingerprint density at radius 3 is 1.68 bits per heavy atom. The summed E-state index contributed by atoms with van der Waals surface area (Å²) in [7, 11) is -0.657. The van der Waals surface area contributed by atoms with E-state index in [2.05, 4.69) is 95.5 Å². The van der Waals surface area contributed by atoms with Gasteiger partial charge < -0.3 is 0 Å². The summed E-state index contributed by atoms with van der Waals surface area (Å²) in [5.74, 6) is 0. The van der Waals surface area contributed by atoms with Crippen molar-refractivity contribution in [2.45, 2.75) is 0 Å². The van der Waals surface area contributed by atoms with E-state index in [1.54, 1.807) is 0 Å². The van der Waals surface area contributed by atoms with Crippen molar-refractivity contribution in [2.75, 3.05) is 5.43 Å². The summed E-state index contributed by atoms with van der Waals surface area (Å²) in [6.07, 6.45) is 1.92. The van der Waals surface area contributed by atoms with Gasteiger partial charge in [-0.05, 0) is 36.0 Å². The first-order chi connectivity index (χ1) is 13.9. The van der Waals surface area contributed by atoms with Gasteiger partial charge in [0.1, 0.15) is 0 Å². The lowest BCUT2D eigenvalue weighted by atomic mass is 10.2. The molecule has 0 heterocycles. The monoisotopic (exact) mass is 380 g/mol. The molecule has 0 aliphatic carbocycles. The minimum absolute atomic E-state index is 0.657. The summed E-state index contributed by atoms with van der Waals surface area (Å²) in [4.78, 5) is 0. The number of rotatable bonds is 6. The molecular weight excluding hydrogens is 359 g/mol. The van der Waals surface area contributed by atoms with E-state index in [0.29, 0.717) is 0 Å². The van der Waals surface area contributed by atoms with Crippen LogP contribution in [-0.2, 0) is 0 Å². The van der Waals surface area contributed by atoms with Gasteiger partial charge in [0.05, 0.1) is 11.9 Å². The first-order valence-electron chi connectivity index (χ1n) is 9.25. The molecule has 2 nitrogen and oxygen atoms in total. The van der Waals surface area contributed by atoms with Crippen molar-refractivity contribution in [2.24, 2.45) is 5.10 Å². The first kappa shape index (κ1) is 18.2. The van der Waals surface area contributed by atoms with E-state index in [0.717, 1.165) is 11.3 Å². The van der Waals surface area contributed by atoms with Gasteiger partial charge in [-0.1, -0.05) is 103 Å². The first-order valence-corrected chi connectivity index (χ1v) is 10.6. The van der Waals surface area contributed by atoms with Crippen molar-refractivity contribution in [1.29, 1.82) is 0 Å². The minimum Gasteiger partial charge on any atom is -0.279 e. The van der Waals surface area contributed by atoms with E-state index < -0.39 is 7.92 Å². The predicted octanol–water partition coefficient (Wildman–Crippen LogP) is 4.89. The maximum absolute atomic E-state index is 4.48. The molecule has 0 atom stereocenters. The Morgan fingerprint density at radius 2 is 1.07 bits per heavy atom. The zero-order valence-corrected chi connectivity index (χ0v) is 16.3. The van der Waals surface area contributed by atoms with Gasteiger partial charge in [-0.15, -0.1) is 0 Å². The minimum atomic E-state index is -0.657. The summed E-state index contributed by atoms with van der Waals surface area (Å²) in [6, 6.07) is 40.0. The van der Waals surface area contributed by atoms with Crippen molar-refractivity contribution in [3.63, 3.8) is 0 Å². The number of hydrazone groups is 1. The van der Waals surface area contributed by atoms with Crippen LogP contribution in [0, 0.1) is 0 Å². The van der Waals surface area contributed by atoms with Gasteiger partial charge in [-0.2, -0.15) is 5.10 Å². The van der Waals surface area contributed by atoms with E-state index in [9.17, 15) is 0 Å². The molecule has 136 valence electrons. The van der Waals surface area contributed by atoms with Gasteiger partial charge in [-0.3, -0.25) is 5.43 Å². The lowest BCUT2D eigenvalue weighted by Crippen LogP contribution is -2.23. The third-order valence-corrected chi connectivity index (χ3v) is 6.90. The van der Waals surface area contributed by atoms with E-state index in [-0.39, 0.29) is 0 Å². The summed E-state index contributed by atoms with van der Waals surface area (Å²) < 4.78 is 0. The quantitative estimate of drug-likeness (QED) is 0.287.